The van der Waals surface area contributed by atoms with Crippen molar-refractivity contribution in [2.45, 2.75) is 33.1 Å². The van der Waals surface area contributed by atoms with E-state index < -0.39 is 0 Å². The minimum Gasteiger partial charge on any atom is -0.330 e. The quantitative estimate of drug-likeness (QED) is 0.786. The average molecular weight is 317 g/mol. The van der Waals surface area contributed by atoms with Gasteiger partial charge in [0.15, 0.2) is 0 Å². The molecule has 3 nitrogen and oxygen atoms in total. The van der Waals surface area contributed by atoms with Gasteiger partial charge in [0.05, 0.1) is 10.0 Å². The molecule has 0 radical (unpaired) electrons. The van der Waals surface area contributed by atoms with Gasteiger partial charge in [0, 0.05) is 12.1 Å². The minimum absolute atomic E-state index is 0.00828. The fourth-order valence-electron chi connectivity index (χ4n) is 2.14. The Bertz CT molecular complexity index is 449. The molecule has 0 heterocycles. The van der Waals surface area contributed by atoms with Crippen LogP contribution in [0.3, 0.4) is 0 Å². The van der Waals surface area contributed by atoms with Crippen molar-refractivity contribution in [3.63, 3.8) is 0 Å². The molecule has 0 aromatic heterocycles. The second-order valence-electron chi connectivity index (χ2n) is 5.30. The number of rotatable bonds is 7. The third-order valence-electron chi connectivity index (χ3n) is 3.43. The Morgan fingerprint density at radius 3 is 2.50 bits per heavy atom. The molecule has 1 aromatic rings. The Hall–Kier alpha value is -0.770. The topological polar surface area (TPSA) is 55.1 Å². The molecule has 0 bridgehead atoms. The molecule has 0 saturated carbocycles. The zero-order valence-electron chi connectivity index (χ0n) is 12.0. The summed E-state index contributed by atoms with van der Waals surface area (Å²) in [5.41, 5.74) is 6.27. The fraction of sp³-hybridized carbons (Fsp3) is 0.533. The molecular formula is C15H22Cl2N2O. The molecule has 0 aliphatic rings. The summed E-state index contributed by atoms with van der Waals surface area (Å²) in [4.78, 5) is 11.9. The summed E-state index contributed by atoms with van der Waals surface area (Å²) in [6.07, 6.45) is 2.29. The third-order valence-corrected chi connectivity index (χ3v) is 4.16. The maximum Gasteiger partial charge on any atom is 0.224 e. The largest absolute Gasteiger partial charge is 0.330 e. The number of hydrogen-bond acceptors (Lipinski definition) is 2. The number of anilines is 1. The molecule has 0 fully saturated rings. The summed E-state index contributed by atoms with van der Waals surface area (Å²) >= 11 is 11.7. The van der Waals surface area contributed by atoms with Crippen molar-refractivity contribution in [1.82, 2.24) is 0 Å². The third kappa shape index (κ3) is 5.70. The Labute approximate surface area is 130 Å². The van der Waals surface area contributed by atoms with Crippen molar-refractivity contribution in [1.29, 1.82) is 0 Å². The van der Waals surface area contributed by atoms with Crippen LogP contribution in [0.1, 0.15) is 33.1 Å². The minimum atomic E-state index is -0.00828. The van der Waals surface area contributed by atoms with Crippen LogP contribution in [0.5, 0.6) is 0 Å². The highest BCUT2D eigenvalue weighted by Gasteiger charge is 2.14. The number of benzene rings is 1. The van der Waals surface area contributed by atoms with Crippen LogP contribution in [0.25, 0.3) is 0 Å². The van der Waals surface area contributed by atoms with Crippen molar-refractivity contribution >= 4 is 34.8 Å². The molecule has 5 heteroatoms. The van der Waals surface area contributed by atoms with Crippen LogP contribution in [0, 0.1) is 11.8 Å². The molecule has 20 heavy (non-hydrogen) atoms. The molecule has 0 spiro atoms. The van der Waals surface area contributed by atoms with Crippen LogP contribution in [0.2, 0.25) is 10.0 Å². The molecule has 0 aliphatic carbocycles. The maximum atomic E-state index is 11.9. The van der Waals surface area contributed by atoms with Gasteiger partial charge < -0.3 is 11.1 Å². The molecular weight excluding hydrogens is 295 g/mol. The monoisotopic (exact) mass is 316 g/mol. The van der Waals surface area contributed by atoms with Gasteiger partial charge in [-0.25, -0.2) is 0 Å². The van der Waals surface area contributed by atoms with E-state index in [1.54, 1.807) is 18.2 Å². The highest BCUT2D eigenvalue weighted by Crippen LogP contribution is 2.25. The molecule has 1 aromatic carbocycles. The number of hydrogen-bond donors (Lipinski definition) is 2. The zero-order valence-corrected chi connectivity index (χ0v) is 13.5. The summed E-state index contributed by atoms with van der Waals surface area (Å²) in [6, 6.07) is 5.07. The zero-order chi connectivity index (χ0) is 15.1. The van der Waals surface area contributed by atoms with E-state index in [1.807, 2.05) is 0 Å². The summed E-state index contributed by atoms with van der Waals surface area (Å²) in [6.45, 7) is 4.99. The number of halogens is 2. The van der Waals surface area contributed by atoms with E-state index in [1.165, 1.54) is 0 Å². The Morgan fingerprint density at radius 1 is 1.25 bits per heavy atom. The van der Waals surface area contributed by atoms with E-state index in [4.69, 9.17) is 28.9 Å². The van der Waals surface area contributed by atoms with E-state index in [2.05, 4.69) is 19.2 Å². The normalized spacial score (nSPS) is 12.5. The van der Waals surface area contributed by atoms with Gasteiger partial charge in [-0.15, -0.1) is 0 Å². The van der Waals surface area contributed by atoms with Gasteiger partial charge in [-0.05, 0) is 49.4 Å². The van der Waals surface area contributed by atoms with Crippen molar-refractivity contribution in [3.05, 3.63) is 28.2 Å². The molecule has 1 amide bonds. The van der Waals surface area contributed by atoms with Crippen LogP contribution in [0.4, 0.5) is 5.69 Å². The predicted molar refractivity (Wildman–Crippen MR) is 86.3 cm³/mol. The summed E-state index contributed by atoms with van der Waals surface area (Å²) in [5, 5.41) is 3.75. The van der Waals surface area contributed by atoms with E-state index >= 15 is 0 Å². The molecule has 112 valence electrons. The van der Waals surface area contributed by atoms with E-state index in [9.17, 15) is 4.79 Å². The lowest BCUT2D eigenvalue weighted by Crippen LogP contribution is -2.18. The van der Waals surface area contributed by atoms with Crippen molar-refractivity contribution in [2.75, 3.05) is 11.9 Å². The first kappa shape index (κ1) is 17.3. The smallest absolute Gasteiger partial charge is 0.224 e. The lowest BCUT2D eigenvalue weighted by molar-refractivity contribution is -0.116. The van der Waals surface area contributed by atoms with Gasteiger partial charge in [0.25, 0.3) is 0 Å². The number of nitrogens with one attached hydrogen (secondary N) is 1. The van der Waals surface area contributed by atoms with Gasteiger partial charge in [-0.3, -0.25) is 4.79 Å². The van der Waals surface area contributed by atoms with Gasteiger partial charge >= 0.3 is 0 Å². The van der Waals surface area contributed by atoms with Crippen LogP contribution in [-0.4, -0.2) is 12.5 Å². The van der Waals surface area contributed by atoms with Crippen molar-refractivity contribution in [3.8, 4) is 0 Å². The molecule has 3 N–H and O–H groups in total. The lowest BCUT2D eigenvalue weighted by atomic mass is 9.88. The van der Waals surface area contributed by atoms with Gasteiger partial charge in [0.2, 0.25) is 5.91 Å². The van der Waals surface area contributed by atoms with Crippen molar-refractivity contribution in [2.24, 2.45) is 17.6 Å². The first-order valence-corrected chi connectivity index (χ1v) is 7.64. The molecule has 0 saturated heterocycles. The number of carbonyl (C=O) groups is 1. The maximum absolute atomic E-state index is 11.9. The van der Waals surface area contributed by atoms with Gasteiger partial charge in [0.1, 0.15) is 0 Å². The van der Waals surface area contributed by atoms with Crippen molar-refractivity contribution < 1.29 is 4.79 Å². The van der Waals surface area contributed by atoms with E-state index in [0.29, 0.717) is 40.5 Å². The van der Waals surface area contributed by atoms with Crippen LogP contribution in [-0.2, 0) is 4.79 Å². The first-order valence-electron chi connectivity index (χ1n) is 6.89. The predicted octanol–water partition coefficient (Wildman–Crippen LogP) is 4.33. The number of amides is 1. The lowest BCUT2D eigenvalue weighted by Gasteiger charge is -2.19. The van der Waals surface area contributed by atoms with Crippen LogP contribution < -0.4 is 11.1 Å². The standard InChI is InChI=1S/C15H22Cl2N2O/c1-10(2)11(7-8-18)3-6-15(20)19-12-4-5-13(16)14(17)9-12/h4-5,9-11H,3,6-8,18H2,1-2H3,(H,19,20). The summed E-state index contributed by atoms with van der Waals surface area (Å²) in [7, 11) is 0. The fourth-order valence-corrected chi connectivity index (χ4v) is 2.44. The van der Waals surface area contributed by atoms with Crippen LogP contribution >= 0.6 is 23.2 Å². The number of nitrogens with two attached hydrogens (primary N) is 1. The Morgan fingerprint density at radius 2 is 1.95 bits per heavy atom. The van der Waals surface area contributed by atoms with Gasteiger partial charge in [-0.2, -0.15) is 0 Å². The SMILES string of the molecule is CC(C)C(CCN)CCC(=O)Nc1ccc(Cl)c(Cl)c1. The van der Waals surface area contributed by atoms with E-state index in [-0.39, 0.29) is 5.91 Å². The van der Waals surface area contributed by atoms with Crippen LogP contribution in [0.15, 0.2) is 18.2 Å². The molecule has 1 atom stereocenters. The van der Waals surface area contributed by atoms with E-state index in [0.717, 1.165) is 12.8 Å². The first-order chi connectivity index (χ1) is 9.43. The second-order valence-corrected chi connectivity index (χ2v) is 6.11. The highest BCUT2D eigenvalue weighted by molar-refractivity contribution is 6.42. The number of carbonyl (C=O) groups excluding carboxylic acids is 1. The molecule has 1 rings (SSSR count). The molecule has 0 aliphatic heterocycles. The Balaban J connectivity index is 2.48. The average Bonchev–Trinajstić information content (AvgIpc) is 2.38. The summed E-state index contributed by atoms with van der Waals surface area (Å²) < 4.78 is 0. The van der Waals surface area contributed by atoms with Gasteiger partial charge in [-0.1, -0.05) is 37.0 Å². The summed E-state index contributed by atoms with van der Waals surface area (Å²) in [5.74, 6) is 1.02. The second kappa shape index (κ2) is 8.50. The molecule has 1 unspecified atom stereocenters. The Kier molecular flexibility index (Phi) is 7.35. The highest BCUT2D eigenvalue weighted by atomic mass is 35.5.